The fraction of sp³-hybridized carbons (Fsp3) is 1.00. The first-order valence-corrected chi connectivity index (χ1v) is 7.89. The van der Waals surface area contributed by atoms with Gasteiger partial charge >= 0.3 is 0 Å². The summed E-state index contributed by atoms with van der Waals surface area (Å²) in [5.41, 5.74) is 6.33. The van der Waals surface area contributed by atoms with Crippen LogP contribution in [0.25, 0.3) is 0 Å². The third-order valence-corrected chi connectivity index (χ3v) is 4.58. The second kappa shape index (κ2) is 7.46. The number of rotatable bonds is 4. The first-order valence-electron chi connectivity index (χ1n) is 7.89. The maximum Gasteiger partial charge on any atom is 0.0702 e. The Morgan fingerprint density at radius 2 is 1.94 bits per heavy atom. The summed E-state index contributed by atoms with van der Waals surface area (Å²) in [6.45, 7) is 6.51. The second-order valence-electron chi connectivity index (χ2n) is 6.04. The summed E-state index contributed by atoms with van der Waals surface area (Å²) in [5.74, 6) is 0.716. The average Bonchev–Trinajstić information content (AvgIpc) is 2.56. The minimum atomic E-state index is 0.431. The van der Waals surface area contributed by atoms with Crippen molar-refractivity contribution in [1.82, 2.24) is 4.90 Å². The molecule has 1 heterocycles. The van der Waals surface area contributed by atoms with Crippen molar-refractivity contribution < 1.29 is 4.74 Å². The summed E-state index contributed by atoms with van der Waals surface area (Å²) in [4.78, 5) is 2.60. The van der Waals surface area contributed by atoms with Crippen LogP contribution in [-0.2, 0) is 4.74 Å². The summed E-state index contributed by atoms with van der Waals surface area (Å²) in [6.07, 6.45) is 9.63. The average molecular weight is 254 g/mol. The Bertz CT molecular complexity index is 233. The predicted octanol–water partition coefficient (Wildman–Crippen LogP) is 2.39. The van der Waals surface area contributed by atoms with Gasteiger partial charge in [0.25, 0.3) is 0 Å². The number of nitrogens with zero attached hydrogens (tertiary/aromatic N) is 1. The van der Waals surface area contributed by atoms with Gasteiger partial charge in [-0.2, -0.15) is 0 Å². The molecule has 0 amide bonds. The molecular weight excluding hydrogens is 224 g/mol. The minimum absolute atomic E-state index is 0.431. The molecule has 3 unspecified atom stereocenters. The summed E-state index contributed by atoms with van der Waals surface area (Å²) in [7, 11) is 0. The number of hydrogen-bond donors (Lipinski definition) is 1. The molecule has 3 atom stereocenters. The lowest BCUT2D eigenvalue weighted by atomic mass is 9.94. The van der Waals surface area contributed by atoms with Gasteiger partial charge in [-0.15, -0.1) is 0 Å². The third-order valence-electron chi connectivity index (χ3n) is 4.58. The maximum atomic E-state index is 6.33. The van der Waals surface area contributed by atoms with E-state index in [1.165, 1.54) is 58.0 Å². The minimum Gasteiger partial charge on any atom is -0.377 e. The number of piperidine rings is 1. The molecular formula is C15H30N2O. The molecule has 3 heteroatoms. The van der Waals surface area contributed by atoms with E-state index in [1.807, 2.05) is 0 Å². The first-order chi connectivity index (χ1) is 8.79. The molecule has 0 aromatic carbocycles. The normalized spacial score (nSPS) is 35.3. The van der Waals surface area contributed by atoms with Crippen LogP contribution in [0.15, 0.2) is 0 Å². The Kier molecular flexibility index (Phi) is 5.93. The molecule has 0 aromatic heterocycles. The zero-order valence-corrected chi connectivity index (χ0v) is 11.9. The van der Waals surface area contributed by atoms with Crippen LogP contribution in [0, 0.1) is 5.92 Å². The molecule has 0 spiro atoms. The van der Waals surface area contributed by atoms with E-state index >= 15 is 0 Å². The van der Waals surface area contributed by atoms with Gasteiger partial charge in [0.15, 0.2) is 0 Å². The van der Waals surface area contributed by atoms with Gasteiger partial charge in [-0.05, 0) is 45.1 Å². The molecule has 1 saturated heterocycles. The van der Waals surface area contributed by atoms with Crippen LogP contribution in [0.3, 0.4) is 0 Å². The topological polar surface area (TPSA) is 38.5 Å². The highest BCUT2D eigenvalue weighted by Gasteiger charge is 2.26. The van der Waals surface area contributed by atoms with Crippen molar-refractivity contribution in [3.63, 3.8) is 0 Å². The molecule has 1 saturated carbocycles. The Hall–Kier alpha value is -0.120. The molecule has 0 bridgehead atoms. The zero-order chi connectivity index (χ0) is 12.8. The number of nitrogens with two attached hydrogens (primary N) is 1. The molecule has 18 heavy (non-hydrogen) atoms. The fourth-order valence-corrected chi connectivity index (χ4v) is 3.52. The molecule has 0 aromatic rings. The SMILES string of the molecule is CCOC1CCCN(CC2CCCCCC2N)C1. The van der Waals surface area contributed by atoms with Gasteiger partial charge < -0.3 is 15.4 Å². The van der Waals surface area contributed by atoms with Crippen molar-refractivity contribution in [3.05, 3.63) is 0 Å². The molecule has 1 aliphatic heterocycles. The maximum absolute atomic E-state index is 6.33. The van der Waals surface area contributed by atoms with Crippen LogP contribution < -0.4 is 5.73 Å². The lowest BCUT2D eigenvalue weighted by Gasteiger charge is -2.36. The second-order valence-corrected chi connectivity index (χ2v) is 6.04. The van der Waals surface area contributed by atoms with E-state index in [4.69, 9.17) is 10.5 Å². The van der Waals surface area contributed by atoms with Gasteiger partial charge in [0, 0.05) is 25.7 Å². The van der Waals surface area contributed by atoms with E-state index in [0.29, 0.717) is 18.1 Å². The summed E-state index contributed by atoms with van der Waals surface area (Å²) < 4.78 is 5.78. The molecule has 2 aliphatic rings. The van der Waals surface area contributed by atoms with E-state index in [1.54, 1.807) is 0 Å². The quantitative estimate of drug-likeness (QED) is 0.783. The highest BCUT2D eigenvalue weighted by atomic mass is 16.5. The number of hydrogen-bond acceptors (Lipinski definition) is 3. The summed E-state index contributed by atoms with van der Waals surface area (Å²) in [6, 6.07) is 0.431. The summed E-state index contributed by atoms with van der Waals surface area (Å²) >= 11 is 0. The van der Waals surface area contributed by atoms with Gasteiger partial charge in [-0.25, -0.2) is 0 Å². The van der Waals surface area contributed by atoms with Crippen molar-refractivity contribution in [1.29, 1.82) is 0 Å². The van der Waals surface area contributed by atoms with Gasteiger partial charge in [0.1, 0.15) is 0 Å². The number of ether oxygens (including phenoxy) is 1. The van der Waals surface area contributed by atoms with Crippen LogP contribution in [0.1, 0.15) is 51.9 Å². The summed E-state index contributed by atoms with van der Waals surface area (Å²) in [5, 5.41) is 0. The van der Waals surface area contributed by atoms with Gasteiger partial charge in [-0.3, -0.25) is 0 Å². The van der Waals surface area contributed by atoms with E-state index in [2.05, 4.69) is 11.8 Å². The third kappa shape index (κ3) is 4.22. The van der Waals surface area contributed by atoms with Gasteiger partial charge in [0.2, 0.25) is 0 Å². The van der Waals surface area contributed by atoms with Crippen molar-refractivity contribution >= 4 is 0 Å². The molecule has 1 aliphatic carbocycles. The van der Waals surface area contributed by atoms with Crippen LogP contribution in [-0.4, -0.2) is 43.3 Å². The van der Waals surface area contributed by atoms with Crippen LogP contribution in [0.4, 0.5) is 0 Å². The first kappa shape index (κ1) is 14.3. The smallest absolute Gasteiger partial charge is 0.0702 e. The Balaban J connectivity index is 1.80. The highest BCUT2D eigenvalue weighted by Crippen LogP contribution is 2.24. The lowest BCUT2D eigenvalue weighted by molar-refractivity contribution is 0.000475. The fourth-order valence-electron chi connectivity index (χ4n) is 3.52. The number of likely N-dealkylation sites (tertiary alicyclic amines) is 1. The van der Waals surface area contributed by atoms with Gasteiger partial charge in [-0.1, -0.05) is 19.3 Å². The van der Waals surface area contributed by atoms with Crippen molar-refractivity contribution in [2.75, 3.05) is 26.2 Å². The van der Waals surface area contributed by atoms with Gasteiger partial charge in [0.05, 0.1) is 6.10 Å². The molecule has 0 radical (unpaired) electrons. The van der Waals surface area contributed by atoms with E-state index in [-0.39, 0.29) is 0 Å². The van der Waals surface area contributed by atoms with Crippen molar-refractivity contribution in [2.45, 2.75) is 64.0 Å². The highest BCUT2D eigenvalue weighted by molar-refractivity contribution is 4.82. The molecule has 2 fully saturated rings. The molecule has 2 rings (SSSR count). The van der Waals surface area contributed by atoms with Crippen molar-refractivity contribution in [2.24, 2.45) is 11.7 Å². The monoisotopic (exact) mass is 254 g/mol. The molecule has 106 valence electrons. The standard InChI is InChI=1S/C15H30N2O/c1-2-18-14-8-6-10-17(12-14)11-13-7-4-3-5-9-15(13)16/h13-15H,2-12,16H2,1H3. The lowest BCUT2D eigenvalue weighted by Crippen LogP contribution is -2.45. The van der Waals surface area contributed by atoms with E-state index in [0.717, 1.165) is 13.2 Å². The Morgan fingerprint density at radius 1 is 1.11 bits per heavy atom. The Labute approximate surface area is 112 Å². The zero-order valence-electron chi connectivity index (χ0n) is 11.9. The molecule has 3 nitrogen and oxygen atoms in total. The van der Waals surface area contributed by atoms with Crippen LogP contribution >= 0.6 is 0 Å². The van der Waals surface area contributed by atoms with E-state index in [9.17, 15) is 0 Å². The Morgan fingerprint density at radius 3 is 2.78 bits per heavy atom. The molecule has 2 N–H and O–H groups in total. The van der Waals surface area contributed by atoms with Crippen LogP contribution in [0.2, 0.25) is 0 Å². The predicted molar refractivity (Wildman–Crippen MR) is 75.6 cm³/mol. The van der Waals surface area contributed by atoms with Crippen LogP contribution in [0.5, 0.6) is 0 Å². The van der Waals surface area contributed by atoms with Crippen molar-refractivity contribution in [3.8, 4) is 0 Å². The largest absolute Gasteiger partial charge is 0.377 e. The van der Waals surface area contributed by atoms with E-state index < -0.39 is 0 Å².